The lowest BCUT2D eigenvalue weighted by Crippen LogP contribution is -2.21. The predicted octanol–water partition coefficient (Wildman–Crippen LogP) is 6.03. The minimum Gasteiger partial charge on any atom is -0.468 e. The summed E-state index contributed by atoms with van der Waals surface area (Å²) in [5, 5.41) is 0. The topological polar surface area (TPSA) is 26.3 Å². The molecule has 0 fully saturated rings. The van der Waals surface area contributed by atoms with Gasteiger partial charge in [-0.05, 0) is 68.4 Å². The highest BCUT2D eigenvalue weighted by atomic mass is 16.3. The summed E-state index contributed by atoms with van der Waals surface area (Å²) in [6.45, 7) is 8.74. The van der Waals surface area contributed by atoms with E-state index >= 15 is 0 Å². The monoisotopic (exact) mass is 296 g/mol. The van der Waals surface area contributed by atoms with Gasteiger partial charge in [0, 0.05) is 5.92 Å². The van der Waals surface area contributed by atoms with Crippen LogP contribution in [-0.2, 0) is 0 Å². The molecule has 2 heterocycles. The molecule has 0 saturated heterocycles. The van der Waals surface area contributed by atoms with Crippen LogP contribution in [0.1, 0.15) is 55.3 Å². The zero-order valence-electron chi connectivity index (χ0n) is 13.8. The van der Waals surface area contributed by atoms with Gasteiger partial charge in [0.1, 0.15) is 11.5 Å². The van der Waals surface area contributed by atoms with Gasteiger partial charge in [-0.3, -0.25) is 0 Å². The van der Waals surface area contributed by atoms with Gasteiger partial charge in [0.2, 0.25) is 0 Å². The summed E-state index contributed by atoms with van der Waals surface area (Å²) in [6, 6.07) is 4.05. The molecule has 1 aliphatic rings. The molecular weight excluding hydrogens is 272 g/mol. The smallest absolute Gasteiger partial charge is 0.129 e. The second-order valence-corrected chi connectivity index (χ2v) is 6.92. The van der Waals surface area contributed by atoms with Crippen LogP contribution in [0.4, 0.5) is 0 Å². The Kier molecular flexibility index (Phi) is 3.86. The van der Waals surface area contributed by atoms with E-state index < -0.39 is 0 Å². The zero-order chi connectivity index (χ0) is 15.7. The van der Waals surface area contributed by atoms with Crippen molar-refractivity contribution < 1.29 is 8.83 Å². The number of aryl methyl sites for hydroxylation is 2. The number of rotatable bonds is 3. The fourth-order valence-corrected chi connectivity index (χ4v) is 3.56. The molecule has 2 heteroatoms. The summed E-state index contributed by atoms with van der Waals surface area (Å²) in [6.07, 6.45) is 12.5. The Morgan fingerprint density at radius 3 is 2.45 bits per heavy atom. The molecule has 0 aromatic carbocycles. The summed E-state index contributed by atoms with van der Waals surface area (Å²) in [7, 11) is 0. The lowest BCUT2D eigenvalue weighted by atomic mass is 9.70. The van der Waals surface area contributed by atoms with Crippen LogP contribution in [0.3, 0.4) is 0 Å². The third-order valence-electron chi connectivity index (χ3n) is 4.63. The minimum absolute atomic E-state index is 0.127. The normalized spacial score (nSPS) is 25.6. The molecule has 22 heavy (non-hydrogen) atoms. The third-order valence-corrected chi connectivity index (χ3v) is 4.63. The molecule has 2 aromatic rings. The Bertz CT molecular complexity index is 714. The quantitative estimate of drug-likeness (QED) is 0.646. The van der Waals surface area contributed by atoms with E-state index in [0.29, 0.717) is 5.92 Å². The van der Waals surface area contributed by atoms with Crippen molar-refractivity contribution in [2.45, 2.75) is 46.5 Å². The first-order valence-corrected chi connectivity index (χ1v) is 7.91. The highest BCUT2D eigenvalue weighted by Gasteiger charge is 2.32. The molecule has 2 aromatic heterocycles. The average molecular weight is 296 g/mol. The van der Waals surface area contributed by atoms with E-state index in [1.165, 1.54) is 16.7 Å². The predicted molar refractivity (Wildman–Crippen MR) is 89.8 cm³/mol. The summed E-state index contributed by atoms with van der Waals surface area (Å²) < 4.78 is 11.3. The number of furan rings is 2. The first kappa shape index (κ1) is 15.0. The van der Waals surface area contributed by atoms with E-state index in [4.69, 9.17) is 8.83 Å². The van der Waals surface area contributed by atoms with E-state index in [2.05, 4.69) is 45.9 Å². The van der Waals surface area contributed by atoms with E-state index in [1.54, 1.807) is 12.5 Å². The minimum atomic E-state index is 0.127. The Morgan fingerprint density at radius 2 is 1.82 bits per heavy atom. The molecule has 0 bridgehead atoms. The lowest BCUT2D eigenvalue weighted by molar-refractivity contribution is 0.328. The van der Waals surface area contributed by atoms with Crippen molar-refractivity contribution in [3.8, 4) is 0 Å². The molecule has 3 rings (SSSR count). The fourth-order valence-electron chi connectivity index (χ4n) is 3.56. The molecule has 0 amide bonds. The van der Waals surface area contributed by atoms with Crippen molar-refractivity contribution in [3.05, 3.63) is 65.0 Å². The van der Waals surface area contributed by atoms with Crippen LogP contribution in [0.25, 0.3) is 6.08 Å². The van der Waals surface area contributed by atoms with Crippen LogP contribution in [0.15, 0.2) is 51.2 Å². The lowest BCUT2D eigenvalue weighted by Gasteiger charge is -2.34. The van der Waals surface area contributed by atoms with E-state index in [9.17, 15) is 0 Å². The van der Waals surface area contributed by atoms with Crippen LogP contribution in [0, 0.1) is 19.3 Å². The van der Waals surface area contributed by atoms with Crippen LogP contribution in [0.2, 0.25) is 0 Å². The van der Waals surface area contributed by atoms with Crippen molar-refractivity contribution in [3.63, 3.8) is 0 Å². The Hall–Kier alpha value is -1.96. The van der Waals surface area contributed by atoms with Crippen molar-refractivity contribution in [1.29, 1.82) is 0 Å². The molecule has 2 unspecified atom stereocenters. The maximum atomic E-state index is 5.73. The van der Waals surface area contributed by atoms with Gasteiger partial charge in [0.25, 0.3) is 0 Å². The van der Waals surface area contributed by atoms with Crippen molar-refractivity contribution in [2.24, 2.45) is 5.41 Å². The molecule has 2 nitrogen and oxygen atoms in total. The van der Waals surface area contributed by atoms with Gasteiger partial charge in [-0.2, -0.15) is 0 Å². The maximum Gasteiger partial charge on any atom is 0.129 e. The molecule has 0 spiro atoms. The number of allylic oxidation sites excluding steroid dienone is 3. The first-order chi connectivity index (χ1) is 10.5. The van der Waals surface area contributed by atoms with Crippen LogP contribution >= 0.6 is 0 Å². The van der Waals surface area contributed by atoms with Crippen molar-refractivity contribution in [2.75, 3.05) is 0 Å². The van der Waals surface area contributed by atoms with E-state index in [1.807, 2.05) is 12.1 Å². The summed E-state index contributed by atoms with van der Waals surface area (Å²) in [4.78, 5) is 0. The van der Waals surface area contributed by atoms with Crippen molar-refractivity contribution in [1.82, 2.24) is 0 Å². The van der Waals surface area contributed by atoms with Crippen LogP contribution < -0.4 is 0 Å². The summed E-state index contributed by atoms with van der Waals surface area (Å²) in [5.74, 6) is 2.42. The number of hydrogen-bond donors (Lipinski definition) is 0. The molecule has 1 aliphatic carbocycles. The standard InChI is InChI=1S/C20H24O2/c1-14-11-17(19-16(3)7-10-22-19)13-20(4,12-14)8-5-18-15(2)6-9-21-18/h5-11,17H,12-13H2,1-4H3. The molecular formula is C20H24O2. The fraction of sp³-hybridized carbons (Fsp3) is 0.400. The van der Waals surface area contributed by atoms with E-state index in [-0.39, 0.29) is 5.41 Å². The van der Waals surface area contributed by atoms with Gasteiger partial charge >= 0.3 is 0 Å². The summed E-state index contributed by atoms with van der Waals surface area (Å²) in [5.41, 5.74) is 3.97. The molecule has 0 N–H and O–H groups in total. The Morgan fingerprint density at radius 1 is 1.09 bits per heavy atom. The van der Waals surface area contributed by atoms with E-state index in [0.717, 1.165) is 24.4 Å². The van der Waals surface area contributed by atoms with Gasteiger partial charge in [-0.15, -0.1) is 0 Å². The van der Waals surface area contributed by atoms with Gasteiger partial charge in [-0.25, -0.2) is 0 Å². The largest absolute Gasteiger partial charge is 0.468 e. The first-order valence-electron chi connectivity index (χ1n) is 7.91. The molecule has 0 saturated carbocycles. The zero-order valence-corrected chi connectivity index (χ0v) is 13.8. The molecule has 0 radical (unpaired) electrons. The molecule has 0 aliphatic heterocycles. The van der Waals surface area contributed by atoms with Gasteiger partial charge in [0.15, 0.2) is 0 Å². The third kappa shape index (κ3) is 2.96. The van der Waals surface area contributed by atoms with Crippen LogP contribution in [-0.4, -0.2) is 0 Å². The highest BCUT2D eigenvalue weighted by Crippen LogP contribution is 2.44. The number of hydrogen-bond acceptors (Lipinski definition) is 2. The maximum absolute atomic E-state index is 5.73. The SMILES string of the molecule is CC1=CC(c2occc2C)CC(C)(C=Cc2occc2C)C1. The summed E-state index contributed by atoms with van der Waals surface area (Å²) >= 11 is 0. The highest BCUT2D eigenvalue weighted by molar-refractivity contribution is 5.48. The molecule has 2 atom stereocenters. The van der Waals surface area contributed by atoms with Gasteiger partial charge in [0.05, 0.1) is 12.5 Å². The Balaban J connectivity index is 1.85. The van der Waals surface area contributed by atoms with Gasteiger partial charge in [-0.1, -0.05) is 24.6 Å². The second-order valence-electron chi connectivity index (χ2n) is 6.92. The average Bonchev–Trinajstić information content (AvgIpc) is 3.04. The van der Waals surface area contributed by atoms with Crippen molar-refractivity contribution >= 4 is 6.08 Å². The van der Waals surface area contributed by atoms with Crippen LogP contribution in [0.5, 0.6) is 0 Å². The van der Waals surface area contributed by atoms with Gasteiger partial charge < -0.3 is 8.83 Å². The molecule has 116 valence electrons. The Labute approximate surface area is 132 Å². The second kappa shape index (κ2) is 5.68.